The number of rotatable bonds is 2. The first-order valence-electron chi connectivity index (χ1n) is 7.93. The van der Waals surface area contributed by atoms with Crippen molar-refractivity contribution in [3.63, 3.8) is 0 Å². The molecule has 1 aromatic rings. The summed E-state index contributed by atoms with van der Waals surface area (Å²) in [5, 5.41) is 0.837. The van der Waals surface area contributed by atoms with Crippen LogP contribution in [-0.2, 0) is 0 Å². The van der Waals surface area contributed by atoms with Crippen molar-refractivity contribution in [1.29, 1.82) is 0 Å². The predicted octanol–water partition coefficient (Wildman–Crippen LogP) is 4.18. The minimum atomic E-state index is 0.457. The minimum absolute atomic E-state index is 0.457. The largest absolute Gasteiger partial charge is 0.369 e. The molecule has 110 valence electrons. The van der Waals surface area contributed by atoms with Gasteiger partial charge in [0, 0.05) is 42.4 Å². The summed E-state index contributed by atoms with van der Waals surface area (Å²) in [6, 6.07) is 8.25. The first kappa shape index (κ1) is 14.2. The summed E-state index contributed by atoms with van der Waals surface area (Å²) in [4.78, 5) is 5.20. The molecule has 2 aliphatic rings. The smallest absolute Gasteiger partial charge is 0.0426 e. The highest BCUT2D eigenvalue weighted by atomic mass is 35.5. The Bertz CT molecular complexity index is 446. The molecule has 1 aromatic carbocycles. The Hall–Kier alpha value is -0.730. The van der Waals surface area contributed by atoms with E-state index in [9.17, 15) is 0 Å². The lowest BCUT2D eigenvalue weighted by Crippen LogP contribution is -2.56. The van der Waals surface area contributed by atoms with Gasteiger partial charge >= 0.3 is 0 Å². The number of hydrogen-bond donors (Lipinski definition) is 0. The summed E-state index contributed by atoms with van der Waals surface area (Å²) in [5.41, 5.74) is 1.73. The number of nitrogens with zero attached hydrogens (tertiary/aromatic N) is 2. The van der Waals surface area contributed by atoms with Crippen LogP contribution in [0.4, 0.5) is 5.69 Å². The Balaban J connectivity index is 1.62. The number of benzene rings is 1. The molecule has 1 aliphatic heterocycles. The molecule has 0 radical (unpaired) electrons. The van der Waals surface area contributed by atoms with Crippen LogP contribution in [0.2, 0.25) is 5.02 Å². The minimum Gasteiger partial charge on any atom is -0.369 e. The van der Waals surface area contributed by atoms with Crippen molar-refractivity contribution in [3.8, 4) is 0 Å². The molecular weight excluding hydrogens is 268 g/mol. The Kier molecular flexibility index (Phi) is 4.23. The number of anilines is 1. The molecule has 1 saturated heterocycles. The van der Waals surface area contributed by atoms with Gasteiger partial charge in [0.15, 0.2) is 0 Å². The lowest BCUT2D eigenvalue weighted by Gasteiger charge is -2.48. The van der Waals surface area contributed by atoms with Crippen molar-refractivity contribution in [3.05, 3.63) is 29.3 Å². The van der Waals surface area contributed by atoms with Gasteiger partial charge in [-0.25, -0.2) is 0 Å². The highest BCUT2D eigenvalue weighted by Gasteiger charge is 2.34. The van der Waals surface area contributed by atoms with E-state index in [4.69, 9.17) is 11.6 Å². The van der Waals surface area contributed by atoms with Gasteiger partial charge in [-0.2, -0.15) is 0 Å². The van der Waals surface area contributed by atoms with Crippen molar-refractivity contribution in [2.75, 3.05) is 31.1 Å². The van der Waals surface area contributed by atoms with Crippen molar-refractivity contribution >= 4 is 17.3 Å². The van der Waals surface area contributed by atoms with E-state index in [0.29, 0.717) is 5.54 Å². The number of piperazine rings is 1. The fourth-order valence-electron chi connectivity index (χ4n) is 3.81. The van der Waals surface area contributed by atoms with Gasteiger partial charge in [0.2, 0.25) is 0 Å². The quantitative estimate of drug-likeness (QED) is 0.807. The molecule has 0 aromatic heterocycles. The van der Waals surface area contributed by atoms with Crippen LogP contribution in [0, 0.1) is 0 Å². The molecule has 1 aliphatic carbocycles. The molecule has 0 atom stereocenters. The maximum Gasteiger partial charge on any atom is 0.0426 e. The average molecular weight is 293 g/mol. The van der Waals surface area contributed by atoms with Crippen LogP contribution in [0.5, 0.6) is 0 Å². The zero-order valence-electron chi connectivity index (χ0n) is 12.4. The zero-order valence-corrected chi connectivity index (χ0v) is 13.2. The van der Waals surface area contributed by atoms with Gasteiger partial charge in [0.05, 0.1) is 0 Å². The average Bonchev–Trinajstić information content (AvgIpc) is 2.48. The molecule has 1 saturated carbocycles. The van der Waals surface area contributed by atoms with Crippen LogP contribution in [0.1, 0.15) is 39.0 Å². The lowest BCUT2D eigenvalue weighted by molar-refractivity contribution is 0.0606. The van der Waals surface area contributed by atoms with Crippen molar-refractivity contribution in [2.45, 2.75) is 44.6 Å². The third-order valence-corrected chi connectivity index (χ3v) is 5.38. The molecule has 0 spiro atoms. The molecule has 1 heterocycles. The zero-order chi connectivity index (χ0) is 14.0. The molecule has 2 fully saturated rings. The second-order valence-corrected chi connectivity index (χ2v) is 6.95. The van der Waals surface area contributed by atoms with Crippen molar-refractivity contribution < 1.29 is 0 Å². The molecule has 0 bridgehead atoms. The van der Waals surface area contributed by atoms with E-state index in [1.807, 2.05) is 12.1 Å². The van der Waals surface area contributed by atoms with E-state index in [-0.39, 0.29) is 0 Å². The van der Waals surface area contributed by atoms with Crippen LogP contribution in [-0.4, -0.2) is 36.6 Å². The SMILES string of the molecule is CC1(N2CCN(c3cccc(Cl)c3)CC2)CCCCC1. The van der Waals surface area contributed by atoms with Crippen molar-refractivity contribution in [2.24, 2.45) is 0 Å². The summed E-state index contributed by atoms with van der Waals surface area (Å²) in [5.74, 6) is 0. The summed E-state index contributed by atoms with van der Waals surface area (Å²) in [6.07, 6.45) is 7.00. The molecule has 0 amide bonds. The Morgan fingerprint density at radius 2 is 1.70 bits per heavy atom. The van der Waals surface area contributed by atoms with E-state index in [1.165, 1.54) is 50.9 Å². The molecule has 3 heteroatoms. The van der Waals surface area contributed by atoms with Crippen LogP contribution < -0.4 is 4.90 Å². The van der Waals surface area contributed by atoms with Gasteiger partial charge in [-0.15, -0.1) is 0 Å². The molecule has 3 rings (SSSR count). The van der Waals surface area contributed by atoms with Gasteiger partial charge in [0.25, 0.3) is 0 Å². The topological polar surface area (TPSA) is 6.48 Å². The van der Waals surface area contributed by atoms with E-state index in [1.54, 1.807) is 0 Å². The third-order valence-electron chi connectivity index (χ3n) is 5.15. The van der Waals surface area contributed by atoms with Crippen LogP contribution in [0.3, 0.4) is 0 Å². The van der Waals surface area contributed by atoms with E-state index < -0.39 is 0 Å². The van der Waals surface area contributed by atoms with Gasteiger partial charge in [0.1, 0.15) is 0 Å². The van der Waals surface area contributed by atoms with E-state index in [2.05, 4.69) is 28.9 Å². The van der Waals surface area contributed by atoms with Crippen LogP contribution >= 0.6 is 11.6 Å². The fourth-order valence-corrected chi connectivity index (χ4v) is 3.99. The highest BCUT2D eigenvalue weighted by molar-refractivity contribution is 6.30. The molecule has 2 nitrogen and oxygen atoms in total. The summed E-state index contributed by atoms with van der Waals surface area (Å²) < 4.78 is 0. The summed E-state index contributed by atoms with van der Waals surface area (Å²) in [6.45, 7) is 7.08. The van der Waals surface area contributed by atoms with Crippen molar-refractivity contribution in [1.82, 2.24) is 4.90 Å². The van der Waals surface area contributed by atoms with Gasteiger partial charge < -0.3 is 4.90 Å². The Morgan fingerprint density at radius 3 is 2.35 bits per heavy atom. The van der Waals surface area contributed by atoms with Crippen LogP contribution in [0.15, 0.2) is 24.3 Å². The third kappa shape index (κ3) is 2.96. The Labute approximate surface area is 127 Å². The highest BCUT2D eigenvalue weighted by Crippen LogP contribution is 2.34. The maximum atomic E-state index is 6.10. The predicted molar refractivity (Wildman–Crippen MR) is 86.7 cm³/mol. The van der Waals surface area contributed by atoms with E-state index in [0.717, 1.165) is 18.1 Å². The molecule has 0 N–H and O–H groups in total. The van der Waals surface area contributed by atoms with Gasteiger partial charge in [-0.3, -0.25) is 4.90 Å². The monoisotopic (exact) mass is 292 g/mol. The summed E-state index contributed by atoms with van der Waals surface area (Å²) in [7, 11) is 0. The maximum absolute atomic E-state index is 6.10. The second-order valence-electron chi connectivity index (χ2n) is 6.51. The van der Waals surface area contributed by atoms with Gasteiger partial charge in [-0.05, 0) is 38.0 Å². The summed E-state index contributed by atoms with van der Waals surface area (Å²) >= 11 is 6.10. The first-order valence-corrected chi connectivity index (χ1v) is 8.31. The van der Waals surface area contributed by atoms with Crippen LogP contribution in [0.25, 0.3) is 0 Å². The first-order chi connectivity index (χ1) is 9.67. The fraction of sp³-hybridized carbons (Fsp3) is 0.647. The normalized spacial score (nSPS) is 23.8. The lowest BCUT2D eigenvalue weighted by atomic mass is 9.81. The van der Waals surface area contributed by atoms with E-state index >= 15 is 0 Å². The number of halogens is 1. The number of hydrogen-bond acceptors (Lipinski definition) is 2. The molecule has 0 unspecified atom stereocenters. The molecule has 20 heavy (non-hydrogen) atoms. The Morgan fingerprint density at radius 1 is 1.00 bits per heavy atom. The van der Waals surface area contributed by atoms with Gasteiger partial charge in [-0.1, -0.05) is 36.9 Å². The standard InChI is InChI=1S/C17H25ClN2/c1-17(8-3-2-4-9-17)20-12-10-19(11-13-20)16-7-5-6-15(18)14-16/h5-7,14H,2-4,8-13H2,1H3. The molecular formula is C17H25ClN2. The second kappa shape index (κ2) is 5.95.